The van der Waals surface area contributed by atoms with Crippen LogP contribution in [0.1, 0.15) is 126 Å². The number of unbranched alkanes of at least 4 members (excludes halogenated alkanes) is 2. The Kier molecular flexibility index (Phi) is 10.0. The van der Waals surface area contributed by atoms with Gasteiger partial charge in [-0.2, -0.15) is 0 Å². The zero-order valence-electron chi connectivity index (χ0n) is 22.4. The predicted molar refractivity (Wildman–Crippen MR) is 147 cm³/mol. The number of rotatable bonds is 10. The predicted octanol–water partition coefficient (Wildman–Crippen LogP) is 9.86. The molecule has 0 aromatic heterocycles. The molecule has 0 bridgehead atoms. The van der Waals surface area contributed by atoms with Crippen molar-refractivity contribution in [3.8, 4) is 11.1 Å². The summed E-state index contributed by atoms with van der Waals surface area (Å²) in [6.45, 7) is 4.51. The molecule has 0 spiro atoms. The first-order chi connectivity index (χ1) is 17.6. The van der Waals surface area contributed by atoms with Crippen molar-refractivity contribution in [1.82, 2.24) is 0 Å². The van der Waals surface area contributed by atoms with Crippen LogP contribution in [0.5, 0.6) is 0 Å². The van der Waals surface area contributed by atoms with Crippen molar-refractivity contribution in [2.45, 2.75) is 116 Å². The van der Waals surface area contributed by atoms with Crippen LogP contribution in [0.3, 0.4) is 0 Å². The number of carbonyl (C=O) groups excluding carboxylic acids is 1. The summed E-state index contributed by atoms with van der Waals surface area (Å²) in [5, 5.41) is 0. The number of ether oxygens (including phenoxy) is 1. The van der Waals surface area contributed by atoms with Gasteiger partial charge in [0.05, 0.1) is 5.56 Å². The molecular weight excluding hydrogens is 447 g/mol. The molecule has 2 aromatic carbocycles. The van der Waals surface area contributed by atoms with Gasteiger partial charge in [0.1, 0.15) is 11.9 Å². The summed E-state index contributed by atoms with van der Waals surface area (Å²) in [7, 11) is 0. The van der Waals surface area contributed by atoms with Crippen LogP contribution in [0, 0.1) is 17.7 Å². The van der Waals surface area contributed by atoms with Crippen LogP contribution in [0.25, 0.3) is 11.1 Å². The van der Waals surface area contributed by atoms with Gasteiger partial charge in [-0.15, -0.1) is 0 Å². The first kappa shape index (κ1) is 26.9. The Labute approximate surface area is 218 Å². The van der Waals surface area contributed by atoms with Gasteiger partial charge in [0, 0.05) is 5.56 Å². The lowest BCUT2D eigenvalue weighted by atomic mass is 9.77. The van der Waals surface area contributed by atoms with E-state index < -0.39 is 0 Å². The van der Waals surface area contributed by atoms with Crippen molar-refractivity contribution < 1.29 is 13.9 Å². The smallest absolute Gasteiger partial charge is 0.338 e. The third-order valence-electron chi connectivity index (χ3n) is 8.72. The number of hydrogen-bond acceptors (Lipinski definition) is 2. The summed E-state index contributed by atoms with van der Waals surface area (Å²) in [5.74, 6) is 1.69. The third-order valence-corrected chi connectivity index (χ3v) is 8.72. The molecule has 36 heavy (non-hydrogen) atoms. The molecule has 3 heteroatoms. The van der Waals surface area contributed by atoms with Crippen molar-refractivity contribution in [2.24, 2.45) is 11.8 Å². The number of carbonyl (C=O) groups is 1. The molecule has 2 aromatic rings. The van der Waals surface area contributed by atoms with Gasteiger partial charge in [0.2, 0.25) is 0 Å². The summed E-state index contributed by atoms with van der Waals surface area (Å²) >= 11 is 0. The van der Waals surface area contributed by atoms with Gasteiger partial charge in [-0.3, -0.25) is 0 Å². The maximum Gasteiger partial charge on any atom is 0.338 e. The average molecular weight is 493 g/mol. The Hall–Kier alpha value is -2.16. The fourth-order valence-electron chi connectivity index (χ4n) is 6.44. The number of halogens is 1. The molecule has 0 N–H and O–H groups in total. The van der Waals surface area contributed by atoms with Gasteiger partial charge in [-0.1, -0.05) is 76.6 Å². The molecule has 0 atom stereocenters. The summed E-state index contributed by atoms with van der Waals surface area (Å²) in [5.41, 5.74) is 3.07. The van der Waals surface area contributed by atoms with E-state index >= 15 is 4.39 Å². The van der Waals surface area contributed by atoms with E-state index in [-0.39, 0.29) is 17.9 Å². The van der Waals surface area contributed by atoms with Crippen LogP contribution in [-0.4, -0.2) is 12.1 Å². The third kappa shape index (κ3) is 7.20. The summed E-state index contributed by atoms with van der Waals surface area (Å²) in [6.07, 6.45) is 17.0. The van der Waals surface area contributed by atoms with Gasteiger partial charge in [-0.25, -0.2) is 9.18 Å². The Morgan fingerprint density at radius 1 is 0.806 bits per heavy atom. The van der Waals surface area contributed by atoms with Gasteiger partial charge in [0.15, 0.2) is 0 Å². The maximum atomic E-state index is 15.1. The molecule has 0 saturated heterocycles. The molecule has 2 aliphatic carbocycles. The van der Waals surface area contributed by atoms with Crippen LogP contribution in [0.15, 0.2) is 42.5 Å². The zero-order valence-corrected chi connectivity index (χ0v) is 22.4. The van der Waals surface area contributed by atoms with Crippen molar-refractivity contribution in [3.05, 3.63) is 59.4 Å². The molecule has 4 rings (SSSR count). The molecule has 0 aliphatic heterocycles. The molecule has 2 aliphatic rings. The Bertz CT molecular complexity index is 950. The summed E-state index contributed by atoms with van der Waals surface area (Å²) < 4.78 is 20.9. The molecule has 2 nitrogen and oxygen atoms in total. The van der Waals surface area contributed by atoms with Crippen LogP contribution in [0.2, 0.25) is 0 Å². The number of hydrogen-bond donors (Lipinski definition) is 0. The molecular formula is C33H45FO2. The highest BCUT2D eigenvalue weighted by molar-refractivity contribution is 5.90. The second-order valence-corrected chi connectivity index (χ2v) is 11.4. The normalized spacial score (nSPS) is 24.4. The largest absolute Gasteiger partial charge is 0.459 e. The monoisotopic (exact) mass is 492 g/mol. The van der Waals surface area contributed by atoms with Gasteiger partial charge >= 0.3 is 5.97 Å². The van der Waals surface area contributed by atoms with E-state index in [9.17, 15) is 4.79 Å². The van der Waals surface area contributed by atoms with E-state index in [2.05, 4.69) is 19.9 Å². The number of benzene rings is 2. The minimum atomic E-state index is -0.259. The molecule has 196 valence electrons. The number of esters is 1. The average Bonchev–Trinajstić information content (AvgIpc) is 2.90. The van der Waals surface area contributed by atoms with Crippen molar-refractivity contribution in [1.29, 1.82) is 0 Å². The Morgan fingerprint density at radius 3 is 2.11 bits per heavy atom. The van der Waals surface area contributed by atoms with Crippen LogP contribution >= 0.6 is 0 Å². The van der Waals surface area contributed by atoms with Crippen LogP contribution in [0.4, 0.5) is 4.39 Å². The van der Waals surface area contributed by atoms with Gasteiger partial charge < -0.3 is 4.74 Å². The van der Waals surface area contributed by atoms with E-state index in [1.54, 1.807) is 18.2 Å². The van der Waals surface area contributed by atoms with Gasteiger partial charge in [0.25, 0.3) is 0 Å². The van der Waals surface area contributed by atoms with E-state index in [1.807, 2.05) is 18.2 Å². The lowest BCUT2D eigenvalue weighted by Gasteiger charge is -2.28. The lowest BCUT2D eigenvalue weighted by Crippen LogP contribution is -2.24. The van der Waals surface area contributed by atoms with Crippen molar-refractivity contribution in [2.75, 3.05) is 0 Å². The minimum Gasteiger partial charge on any atom is -0.459 e. The fraction of sp³-hybridized carbons (Fsp3) is 0.606. The topological polar surface area (TPSA) is 26.3 Å². The molecule has 2 fully saturated rings. The standard InChI is InChI=1S/C33H45FO2/c1-3-5-6-8-25-11-20-30(21-12-25)36-33(35)28-17-15-27(16-18-28)31-22-19-29(23-32(31)34)26-13-9-24(7-4-2)10-14-26/h15-19,22-26,30H,3-14,20-21H2,1-2H3/t24-,25-,26-,30-. The van der Waals surface area contributed by atoms with Crippen LogP contribution < -0.4 is 0 Å². The molecule has 0 heterocycles. The fourth-order valence-corrected chi connectivity index (χ4v) is 6.44. The van der Waals surface area contributed by atoms with Crippen molar-refractivity contribution in [3.63, 3.8) is 0 Å². The Morgan fingerprint density at radius 2 is 1.47 bits per heavy atom. The molecule has 2 saturated carbocycles. The first-order valence-electron chi connectivity index (χ1n) is 14.7. The van der Waals surface area contributed by atoms with E-state index in [0.717, 1.165) is 48.6 Å². The summed E-state index contributed by atoms with van der Waals surface area (Å²) in [6, 6.07) is 13.0. The highest BCUT2D eigenvalue weighted by Crippen LogP contribution is 2.38. The SMILES string of the molecule is CCCCC[C@H]1CC[C@H](OC(=O)c2ccc(-c3ccc([C@H]4CC[C@H](CCC)CC4)cc3F)cc2)CC1. The van der Waals surface area contributed by atoms with Gasteiger partial charge in [-0.05, 0) is 98.4 Å². The Balaban J connectivity index is 1.29. The lowest BCUT2D eigenvalue weighted by molar-refractivity contribution is 0.0161. The second-order valence-electron chi connectivity index (χ2n) is 11.4. The summed E-state index contributed by atoms with van der Waals surface area (Å²) in [4.78, 5) is 12.7. The highest BCUT2D eigenvalue weighted by atomic mass is 19.1. The minimum absolute atomic E-state index is 0.0293. The van der Waals surface area contributed by atoms with E-state index in [4.69, 9.17) is 4.74 Å². The molecule has 0 radical (unpaired) electrons. The highest BCUT2D eigenvalue weighted by Gasteiger charge is 2.25. The van der Waals surface area contributed by atoms with Crippen molar-refractivity contribution >= 4 is 5.97 Å². The zero-order chi connectivity index (χ0) is 25.3. The molecule has 0 unspecified atom stereocenters. The first-order valence-corrected chi connectivity index (χ1v) is 14.7. The van der Waals surface area contributed by atoms with E-state index in [1.165, 1.54) is 64.2 Å². The van der Waals surface area contributed by atoms with E-state index in [0.29, 0.717) is 17.0 Å². The molecule has 0 amide bonds. The quantitative estimate of drug-likeness (QED) is 0.244. The van der Waals surface area contributed by atoms with Crippen LogP contribution in [-0.2, 0) is 4.74 Å². The maximum absolute atomic E-state index is 15.1. The second kappa shape index (κ2) is 13.4.